The van der Waals surface area contributed by atoms with Crippen molar-refractivity contribution in [3.63, 3.8) is 0 Å². The molecule has 0 aromatic heterocycles. The van der Waals surface area contributed by atoms with Crippen LogP contribution >= 0.6 is 11.6 Å². The van der Waals surface area contributed by atoms with Crippen LogP contribution in [0.5, 0.6) is 0 Å². The lowest BCUT2D eigenvalue weighted by Gasteiger charge is -2.19. The molecule has 0 aliphatic carbocycles. The maximum Gasteiger partial charge on any atom is 0.270 e. The molecule has 0 radical (unpaired) electrons. The molecule has 0 saturated carbocycles. The minimum atomic E-state index is -3.87. The van der Waals surface area contributed by atoms with E-state index in [2.05, 4.69) is 0 Å². The smallest absolute Gasteiger partial charge is 0.270 e. The van der Waals surface area contributed by atoms with Crippen LogP contribution in [0.1, 0.15) is 44.9 Å². The molecular weight excluding hydrogens is 418 g/mol. The second-order valence-corrected chi connectivity index (χ2v) is 8.60. The molecule has 3 rings (SSSR count). The van der Waals surface area contributed by atoms with Crippen LogP contribution in [0, 0.1) is 0 Å². The van der Waals surface area contributed by atoms with Gasteiger partial charge in [-0.15, -0.1) is 0 Å². The van der Waals surface area contributed by atoms with Gasteiger partial charge in [-0.25, -0.2) is 13.3 Å². The first-order valence-electron chi connectivity index (χ1n) is 8.76. The third kappa shape index (κ3) is 3.31. The highest BCUT2D eigenvalue weighted by atomic mass is 35.5. The molecule has 0 spiro atoms. The largest absolute Gasteiger partial charge is 0.398 e. The van der Waals surface area contributed by atoms with Gasteiger partial charge in [-0.1, -0.05) is 31.5 Å². The van der Waals surface area contributed by atoms with Crippen molar-refractivity contribution < 1.29 is 22.8 Å². The number of nitrogens with two attached hydrogens (primary N) is 1. The quantitative estimate of drug-likeness (QED) is 0.569. The standard InChI is InChI=1S/C19H18ClN3O5S/c1-3-22(4-2)29(27,28)11-8-9-14(20)13(10-11)18(25)23-17(24)12-6-5-7-15(21)16(12)19(23)26/h5-10H,3-4,21H2,1-2H3. The lowest BCUT2D eigenvalue weighted by molar-refractivity contribution is 0.0566. The van der Waals surface area contributed by atoms with Crippen LogP contribution in [-0.2, 0) is 10.0 Å². The zero-order valence-corrected chi connectivity index (χ0v) is 17.2. The second kappa shape index (κ2) is 7.58. The molecule has 0 saturated heterocycles. The summed E-state index contributed by atoms with van der Waals surface area (Å²) in [5.74, 6) is -2.73. The number of imide groups is 3. The molecule has 0 atom stereocenters. The summed E-state index contributed by atoms with van der Waals surface area (Å²) in [7, 11) is -3.87. The predicted octanol–water partition coefficient (Wildman–Crippen LogP) is 2.39. The zero-order valence-electron chi connectivity index (χ0n) is 15.7. The minimum Gasteiger partial charge on any atom is -0.398 e. The number of anilines is 1. The van der Waals surface area contributed by atoms with E-state index in [-0.39, 0.29) is 45.4 Å². The number of halogens is 1. The molecule has 29 heavy (non-hydrogen) atoms. The number of hydrogen-bond donors (Lipinski definition) is 1. The SMILES string of the molecule is CCN(CC)S(=O)(=O)c1ccc(Cl)c(C(=O)N2C(=O)c3cccc(N)c3C2=O)c1. The van der Waals surface area contributed by atoms with E-state index in [0.29, 0.717) is 4.90 Å². The van der Waals surface area contributed by atoms with Gasteiger partial charge in [0, 0.05) is 18.8 Å². The number of nitrogens with zero attached hydrogens (tertiary/aromatic N) is 2. The summed E-state index contributed by atoms with van der Waals surface area (Å²) in [4.78, 5) is 38.6. The average molecular weight is 436 g/mol. The molecule has 1 aliphatic rings. The van der Waals surface area contributed by atoms with Gasteiger partial charge in [0.05, 0.1) is 26.6 Å². The van der Waals surface area contributed by atoms with E-state index in [4.69, 9.17) is 17.3 Å². The van der Waals surface area contributed by atoms with E-state index >= 15 is 0 Å². The minimum absolute atomic E-state index is 0.00592. The molecule has 0 unspecified atom stereocenters. The van der Waals surface area contributed by atoms with Gasteiger partial charge >= 0.3 is 0 Å². The van der Waals surface area contributed by atoms with Crippen molar-refractivity contribution in [3.8, 4) is 0 Å². The number of rotatable bonds is 5. The molecule has 1 aliphatic heterocycles. The number of carbonyl (C=O) groups excluding carboxylic acids is 3. The summed E-state index contributed by atoms with van der Waals surface area (Å²) in [6.45, 7) is 3.85. The molecule has 2 aromatic carbocycles. The first-order valence-corrected chi connectivity index (χ1v) is 10.6. The van der Waals surface area contributed by atoms with E-state index in [9.17, 15) is 22.8 Å². The molecule has 2 aromatic rings. The van der Waals surface area contributed by atoms with Crippen LogP contribution in [0.15, 0.2) is 41.3 Å². The molecule has 152 valence electrons. The van der Waals surface area contributed by atoms with Crippen molar-refractivity contribution in [2.45, 2.75) is 18.7 Å². The van der Waals surface area contributed by atoms with Gasteiger partial charge in [-0.3, -0.25) is 14.4 Å². The number of fused-ring (bicyclic) bond motifs is 1. The van der Waals surface area contributed by atoms with Crippen LogP contribution in [0.2, 0.25) is 5.02 Å². The fourth-order valence-electron chi connectivity index (χ4n) is 3.16. The maximum atomic E-state index is 13.0. The van der Waals surface area contributed by atoms with Crippen LogP contribution in [0.25, 0.3) is 0 Å². The Balaban J connectivity index is 2.07. The number of benzene rings is 2. The first kappa shape index (κ1) is 21.0. The Labute approximate surface area is 172 Å². The van der Waals surface area contributed by atoms with Gasteiger partial charge in [0.15, 0.2) is 0 Å². The number of nitrogen functional groups attached to an aromatic ring is 1. The van der Waals surface area contributed by atoms with Crippen molar-refractivity contribution >= 4 is 45.0 Å². The average Bonchev–Trinajstić information content (AvgIpc) is 2.93. The van der Waals surface area contributed by atoms with Crippen LogP contribution in [0.4, 0.5) is 5.69 Å². The van der Waals surface area contributed by atoms with Gasteiger partial charge in [-0.05, 0) is 30.3 Å². The monoisotopic (exact) mass is 435 g/mol. The fraction of sp³-hybridized carbons (Fsp3) is 0.211. The molecule has 0 fully saturated rings. The van der Waals surface area contributed by atoms with E-state index < -0.39 is 27.7 Å². The van der Waals surface area contributed by atoms with E-state index in [0.717, 1.165) is 6.07 Å². The lowest BCUT2D eigenvalue weighted by Crippen LogP contribution is -2.36. The summed E-state index contributed by atoms with van der Waals surface area (Å²) in [6, 6.07) is 7.93. The zero-order chi connectivity index (χ0) is 21.5. The summed E-state index contributed by atoms with van der Waals surface area (Å²) in [6.07, 6.45) is 0. The van der Waals surface area contributed by atoms with Crippen LogP contribution in [-0.4, -0.2) is 48.4 Å². The Morgan fingerprint density at radius 2 is 1.76 bits per heavy atom. The van der Waals surface area contributed by atoms with Crippen LogP contribution in [0.3, 0.4) is 0 Å². The molecule has 1 heterocycles. The fourth-order valence-corrected chi connectivity index (χ4v) is 4.84. The topological polar surface area (TPSA) is 118 Å². The third-order valence-electron chi connectivity index (χ3n) is 4.66. The number of carbonyl (C=O) groups is 3. The summed E-state index contributed by atoms with van der Waals surface area (Å²) >= 11 is 6.10. The summed E-state index contributed by atoms with van der Waals surface area (Å²) in [5, 5.41) is -0.0852. The number of amides is 3. The third-order valence-corrected chi connectivity index (χ3v) is 7.04. The maximum absolute atomic E-state index is 13.0. The highest BCUT2D eigenvalue weighted by Crippen LogP contribution is 2.31. The molecule has 8 nitrogen and oxygen atoms in total. The normalized spacial score (nSPS) is 13.9. The number of hydrogen-bond acceptors (Lipinski definition) is 6. The Bertz CT molecular complexity index is 1140. The highest BCUT2D eigenvalue weighted by Gasteiger charge is 2.42. The molecule has 0 bridgehead atoms. The first-order chi connectivity index (χ1) is 13.6. The van der Waals surface area contributed by atoms with E-state index in [1.807, 2.05) is 0 Å². The van der Waals surface area contributed by atoms with Crippen molar-refractivity contribution in [2.24, 2.45) is 0 Å². The highest BCUT2D eigenvalue weighted by molar-refractivity contribution is 7.89. The van der Waals surface area contributed by atoms with Gasteiger partial charge in [0.25, 0.3) is 17.7 Å². The van der Waals surface area contributed by atoms with Gasteiger partial charge in [0.1, 0.15) is 0 Å². The summed E-state index contributed by atoms with van der Waals surface area (Å²) < 4.78 is 26.7. The van der Waals surface area contributed by atoms with Crippen molar-refractivity contribution in [2.75, 3.05) is 18.8 Å². The molecule has 10 heteroatoms. The second-order valence-electron chi connectivity index (χ2n) is 6.25. The number of sulfonamides is 1. The Morgan fingerprint density at radius 3 is 2.34 bits per heavy atom. The van der Waals surface area contributed by atoms with Gasteiger partial charge < -0.3 is 5.73 Å². The molecule has 2 N–H and O–H groups in total. The van der Waals surface area contributed by atoms with Crippen molar-refractivity contribution in [3.05, 3.63) is 58.1 Å². The van der Waals surface area contributed by atoms with E-state index in [1.165, 1.54) is 34.6 Å². The van der Waals surface area contributed by atoms with Crippen LogP contribution < -0.4 is 5.73 Å². The Hall–Kier alpha value is -2.75. The van der Waals surface area contributed by atoms with Crippen molar-refractivity contribution in [1.82, 2.24) is 9.21 Å². The van der Waals surface area contributed by atoms with Gasteiger partial charge in [0.2, 0.25) is 10.0 Å². The van der Waals surface area contributed by atoms with E-state index in [1.54, 1.807) is 13.8 Å². The Morgan fingerprint density at radius 1 is 1.10 bits per heavy atom. The predicted molar refractivity (Wildman–Crippen MR) is 107 cm³/mol. The van der Waals surface area contributed by atoms with Crippen molar-refractivity contribution in [1.29, 1.82) is 0 Å². The lowest BCUT2D eigenvalue weighted by atomic mass is 10.1. The van der Waals surface area contributed by atoms with Gasteiger partial charge in [-0.2, -0.15) is 4.31 Å². The Kier molecular flexibility index (Phi) is 5.48. The molecule has 3 amide bonds. The summed E-state index contributed by atoms with van der Waals surface area (Å²) in [5.41, 5.74) is 5.52. The molecular formula is C19H18ClN3O5S.